The summed E-state index contributed by atoms with van der Waals surface area (Å²) in [6.07, 6.45) is 6.79. The second-order valence-corrected chi connectivity index (χ2v) is 8.59. The number of aryl methyl sites for hydroxylation is 3. The number of anilines is 1. The van der Waals surface area contributed by atoms with Crippen molar-refractivity contribution in [2.24, 2.45) is 14.1 Å². The first kappa shape index (κ1) is 21.6. The van der Waals surface area contributed by atoms with E-state index < -0.39 is 6.04 Å². The van der Waals surface area contributed by atoms with Gasteiger partial charge in [0.1, 0.15) is 11.7 Å². The second-order valence-electron chi connectivity index (χ2n) is 8.59. The van der Waals surface area contributed by atoms with Crippen molar-refractivity contribution in [1.82, 2.24) is 24.6 Å². The number of hydrogen-bond acceptors (Lipinski definition) is 4. The fourth-order valence-electron chi connectivity index (χ4n) is 4.68. The first-order valence-electron chi connectivity index (χ1n) is 11.3. The van der Waals surface area contributed by atoms with E-state index in [9.17, 15) is 9.59 Å². The molecule has 1 aliphatic carbocycles. The number of hydrogen-bond donors (Lipinski definition) is 2. The Balaban J connectivity index is 0.00000289. The van der Waals surface area contributed by atoms with Crippen LogP contribution in [0.4, 0.5) is 5.69 Å². The predicted molar refractivity (Wildman–Crippen MR) is 131 cm³/mol. The van der Waals surface area contributed by atoms with Gasteiger partial charge in [0.15, 0.2) is 0 Å². The molecule has 2 aromatic carbocycles. The van der Waals surface area contributed by atoms with Crippen LogP contribution in [-0.2, 0) is 25.3 Å². The molecule has 0 unspecified atom stereocenters. The van der Waals surface area contributed by atoms with Crippen LogP contribution in [0.3, 0.4) is 0 Å². The van der Waals surface area contributed by atoms with Crippen LogP contribution in [0.25, 0.3) is 11.3 Å². The molecule has 0 spiro atoms. The molecular formula is C26H28N6O2. The Morgan fingerprint density at radius 3 is 2.59 bits per heavy atom. The Kier molecular flexibility index (Phi) is 5.71. The van der Waals surface area contributed by atoms with Crippen molar-refractivity contribution in [1.29, 1.82) is 0 Å². The number of nitrogens with zero attached hydrogens (tertiary/aromatic N) is 4. The molecule has 0 fully saturated rings. The maximum Gasteiger partial charge on any atom is 0.270 e. The summed E-state index contributed by atoms with van der Waals surface area (Å²) in [5, 5.41) is 10.1. The lowest BCUT2D eigenvalue weighted by Crippen LogP contribution is -2.47. The zero-order valence-corrected chi connectivity index (χ0v) is 19.1. The highest BCUT2D eigenvalue weighted by Crippen LogP contribution is 2.36. The van der Waals surface area contributed by atoms with Gasteiger partial charge in [-0.25, -0.2) is 4.98 Å². The quantitative estimate of drug-likeness (QED) is 0.464. The van der Waals surface area contributed by atoms with Crippen molar-refractivity contribution in [2.45, 2.75) is 24.8 Å². The van der Waals surface area contributed by atoms with Crippen LogP contribution in [-0.4, -0.2) is 37.2 Å². The number of nitrogens with one attached hydrogen (secondary N) is 2. The first-order valence-corrected chi connectivity index (χ1v) is 11.3. The van der Waals surface area contributed by atoms with Crippen molar-refractivity contribution in [2.75, 3.05) is 5.32 Å². The number of aromatic nitrogens is 4. The molecular weight excluding hydrogens is 428 g/mol. The Morgan fingerprint density at radius 1 is 1.09 bits per heavy atom. The maximum absolute atomic E-state index is 13.5. The average Bonchev–Trinajstić information content (AvgIpc) is 3.57. The normalized spacial score (nSPS) is 15.5. The van der Waals surface area contributed by atoms with Gasteiger partial charge < -0.3 is 15.2 Å². The Bertz CT molecular complexity index is 1340. The third-order valence-corrected chi connectivity index (χ3v) is 6.47. The van der Waals surface area contributed by atoms with Crippen LogP contribution in [0.15, 0.2) is 73.3 Å². The highest BCUT2D eigenvalue weighted by atomic mass is 16.2. The van der Waals surface area contributed by atoms with Crippen molar-refractivity contribution in [3.05, 3.63) is 90.1 Å². The smallest absolute Gasteiger partial charge is 0.270 e. The van der Waals surface area contributed by atoms with Gasteiger partial charge in [-0.05, 0) is 47.7 Å². The average molecular weight is 457 g/mol. The molecule has 1 aliphatic rings. The standard InChI is InChI=1S/C26H26N6O2.H2/c1-31-16-27-15-23(31)18-7-10-19(11-8-18)29-26(34)24(30-25(33)22-13-14-28-32(22)2)21-12-9-17-5-3-4-6-20(17)21;/h3-8,10-11,13-16,21,24H,9,12H2,1-2H3,(H,29,34)(H,30,33);1H/t21-,24-;/m0./s1. The molecule has 4 aromatic rings. The summed E-state index contributed by atoms with van der Waals surface area (Å²) < 4.78 is 3.44. The van der Waals surface area contributed by atoms with E-state index in [0.29, 0.717) is 11.4 Å². The molecule has 2 atom stereocenters. The molecule has 2 amide bonds. The second kappa shape index (κ2) is 8.97. The fourth-order valence-corrected chi connectivity index (χ4v) is 4.68. The summed E-state index contributed by atoms with van der Waals surface area (Å²) in [4.78, 5) is 30.7. The highest BCUT2D eigenvalue weighted by molar-refractivity contribution is 6.01. The summed E-state index contributed by atoms with van der Waals surface area (Å²) in [5.74, 6) is -0.677. The van der Waals surface area contributed by atoms with E-state index in [1.807, 2.05) is 54.1 Å². The van der Waals surface area contributed by atoms with Gasteiger partial charge in [-0.3, -0.25) is 14.3 Å². The molecule has 174 valence electrons. The molecule has 5 rings (SSSR count). The van der Waals surface area contributed by atoms with Crippen LogP contribution in [0.2, 0.25) is 0 Å². The molecule has 34 heavy (non-hydrogen) atoms. The summed E-state index contributed by atoms with van der Waals surface area (Å²) in [5.41, 5.74) is 5.40. The lowest BCUT2D eigenvalue weighted by atomic mass is 9.92. The van der Waals surface area contributed by atoms with Gasteiger partial charge in [-0.1, -0.05) is 36.4 Å². The molecule has 2 aromatic heterocycles. The highest BCUT2D eigenvalue weighted by Gasteiger charge is 2.36. The minimum atomic E-state index is -0.720. The zero-order valence-electron chi connectivity index (χ0n) is 19.1. The number of carbonyl (C=O) groups is 2. The molecule has 2 N–H and O–H groups in total. The predicted octanol–water partition coefficient (Wildman–Crippen LogP) is 3.53. The van der Waals surface area contributed by atoms with Crippen molar-refractivity contribution < 1.29 is 11.0 Å². The number of carbonyl (C=O) groups excluding carboxylic acids is 2. The van der Waals surface area contributed by atoms with Gasteiger partial charge in [0.25, 0.3) is 5.91 Å². The molecule has 0 saturated carbocycles. The molecule has 0 saturated heterocycles. The number of rotatable bonds is 6. The summed E-state index contributed by atoms with van der Waals surface area (Å²) >= 11 is 0. The molecule has 8 heteroatoms. The summed E-state index contributed by atoms with van der Waals surface area (Å²) in [6, 6.07) is 16.7. The van der Waals surface area contributed by atoms with Gasteiger partial charge >= 0.3 is 0 Å². The van der Waals surface area contributed by atoms with E-state index in [1.54, 1.807) is 31.8 Å². The third-order valence-electron chi connectivity index (χ3n) is 6.47. The molecule has 0 radical (unpaired) electrons. The number of benzene rings is 2. The first-order chi connectivity index (χ1) is 16.5. The SMILES string of the molecule is Cn1cncc1-c1ccc(NC(=O)[C@@H](NC(=O)c2ccnn2C)[C@H]2CCc3ccccc32)cc1.[HH]. The minimum Gasteiger partial charge on any atom is -0.338 e. The van der Waals surface area contributed by atoms with E-state index in [2.05, 4.69) is 26.8 Å². The van der Waals surface area contributed by atoms with Crippen molar-refractivity contribution >= 4 is 17.5 Å². The lowest BCUT2D eigenvalue weighted by molar-refractivity contribution is -0.118. The Hall–Kier alpha value is -4.20. The van der Waals surface area contributed by atoms with E-state index in [4.69, 9.17) is 0 Å². The molecule has 0 aliphatic heterocycles. The van der Waals surface area contributed by atoms with E-state index in [0.717, 1.165) is 29.7 Å². The van der Waals surface area contributed by atoms with Crippen LogP contribution in [0.1, 0.15) is 35.4 Å². The topological polar surface area (TPSA) is 93.8 Å². The number of imidazole rings is 1. The van der Waals surface area contributed by atoms with Crippen LogP contribution >= 0.6 is 0 Å². The third kappa shape index (κ3) is 4.10. The number of amides is 2. The summed E-state index contributed by atoms with van der Waals surface area (Å²) in [7, 11) is 3.64. The molecule has 2 heterocycles. The van der Waals surface area contributed by atoms with Crippen LogP contribution in [0.5, 0.6) is 0 Å². The Labute approximate surface area is 199 Å². The van der Waals surface area contributed by atoms with Gasteiger partial charge in [-0.15, -0.1) is 0 Å². The zero-order chi connectivity index (χ0) is 23.7. The van der Waals surface area contributed by atoms with Gasteiger partial charge in [0.05, 0.1) is 18.2 Å². The largest absolute Gasteiger partial charge is 0.338 e. The van der Waals surface area contributed by atoms with Crippen molar-refractivity contribution in [3.8, 4) is 11.3 Å². The minimum absolute atomic E-state index is 0. The van der Waals surface area contributed by atoms with Crippen LogP contribution in [0, 0.1) is 0 Å². The maximum atomic E-state index is 13.5. The van der Waals surface area contributed by atoms with Gasteiger partial charge in [-0.2, -0.15) is 5.10 Å². The van der Waals surface area contributed by atoms with Gasteiger partial charge in [0, 0.05) is 33.3 Å². The van der Waals surface area contributed by atoms with Gasteiger partial charge in [0.2, 0.25) is 5.91 Å². The lowest BCUT2D eigenvalue weighted by Gasteiger charge is -2.25. The van der Waals surface area contributed by atoms with E-state index in [1.165, 1.54) is 10.2 Å². The molecule has 0 bridgehead atoms. The van der Waals surface area contributed by atoms with E-state index in [-0.39, 0.29) is 19.2 Å². The number of fused-ring (bicyclic) bond motifs is 1. The van der Waals surface area contributed by atoms with E-state index >= 15 is 0 Å². The van der Waals surface area contributed by atoms with Crippen molar-refractivity contribution in [3.63, 3.8) is 0 Å². The Morgan fingerprint density at radius 2 is 1.88 bits per heavy atom. The summed E-state index contributed by atoms with van der Waals surface area (Å²) in [6.45, 7) is 0. The molecule has 8 nitrogen and oxygen atoms in total. The van der Waals surface area contributed by atoms with Crippen LogP contribution < -0.4 is 10.6 Å². The fraction of sp³-hybridized carbons (Fsp3) is 0.231. The monoisotopic (exact) mass is 456 g/mol.